The second-order valence-corrected chi connectivity index (χ2v) is 5.47. The van der Waals surface area contributed by atoms with Gasteiger partial charge >= 0.3 is 0 Å². The monoisotopic (exact) mass is 309 g/mol. The average Bonchev–Trinajstić information content (AvgIpc) is 2.93. The minimum atomic E-state index is 0.262. The number of nitrogens with zero attached hydrogens (tertiary/aromatic N) is 3. The number of benzene rings is 1. The molecule has 0 amide bonds. The maximum Gasteiger partial charge on any atom is 0.247 e. The molecule has 0 aliphatic rings. The fourth-order valence-electron chi connectivity index (χ4n) is 2.01. The molecular formula is C15H20ClN3O2. The Labute approximate surface area is 129 Å². The van der Waals surface area contributed by atoms with Crippen LogP contribution in [0.25, 0.3) is 11.5 Å². The van der Waals surface area contributed by atoms with Gasteiger partial charge in [-0.2, -0.15) is 0 Å². The third-order valence-electron chi connectivity index (χ3n) is 3.16. The number of halogens is 1. The first-order valence-corrected chi connectivity index (χ1v) is 7.44. The lowest BCUT2D eigenvalue weighted by Crippen LogP contribution is -2.19. The van der Waals surface area contributed by atoms with Gasteiger partial charge in [0.05, 0.1) is 6.54 Å². The lowest BCUT2D eigenvalue weighted by molar-refractivity contribution is 0.262. The Balaban J connectivity index is 1.86. The van der Waals surface area contributed by atoms with Crippen LogP contribution in [0, 0.1) is 0 Å². The highest BCUT2D eigenvalue weighted by Gasteiger charge is 2.10. The molecule has 0 radical (unpaired) electrons. The highest BCUT2D eigenvalue weighted by atomic mass is 35.5. The van der Waals surface area contributed by atoms with Gasteiger partial charge in [-0.25, -0.2) is 0 Å². The molecule has 21 heavy (non-hydrogen) atoms. The van der Waals surface area contributed by atoms with Crippen molar-refractivity contribution in [3.8, 4) is 11.5 Å². The standard InChI is InChI=1S/C15H20ClN3O2/c1-19(9-3-2-4-10-20)11-14-17-18-15(21-14)12-5-7-13(16)8-6-12/h5-8,20H,2-4,9-11H2,1H3. The second kappa shape index (κ2) is 8.12. The molecule has 0 aliphatic carbocycles. The molecule has 6 heteroatoms. The molecule has 0 unspecified atom stereocenters. The van der Waals surface area contributed by atoms with Crippen molar-refractivity contribution in [2.24, 2.45) is 0 Å². The van der Waals surface area contributed by atoms with Gasteiger partial charge < -0.3 is 9.52 Å². The van der Waals surface area contributed by atoms with Crippen molar-refractivity contribution < 1.29 is 9.52 Å². The van der Waals surface area contributed by atoms with Gasteiger partial charge in [-0.15, -0.1) is 10.2 Å². The van der Waals surface area contributed by atoms with Gasteiger partial charge in [0, 0.05) is 17.2 Å². The van der Waals surface area contributed by atoms with E-state index in [-0.39, 0.29) is 6.61 Å². The van der Waals surface area contributed by atoms with E-state index in [9.17, 15) is 0 Å². The number of rotatable bonds is 8. The van der Waals surface area contributed by atoms with Crippen LogP contribution in [0.15, 0.2) is 28.7 Å². The van der Waals surface area contributed by atoms with Crippen LogP contribution in [0.1, 0.15) is 25.2 Å². The topological polar surface area (TPSA) is 62.4 Å². The van der Waals surface area contributed by atoms with Crippen LogP contribution in [0.2, 0.25) is 5.02 Å². The molecule has 0 aliphatic heterocycles. The summed E-state index contributed by atoms with van der Waals surface area (Å²) in [7, 11) is 2.02. The minimum absolute atomic E-state index is 0.262. The average molecular weight is 310 g/mol. The molecule has 1 N–H and O–H groups in total. The van der Waals surface area contributed by atoms with Crippen molar-refractivity contribution in [2.75, 3.05) is 20.2 Å². The molecule has 2 aromatic rings. The smallest absolute Gasteiger partial charge is 0.247 e. The summed E-state index contributed by atoms with van der Waals surface area (Å²) in [6.45, 7) is 1.83. The van der Waals surface area contributed by atoms with Crippen molar-refractivity contribution >= 4 is 11.6 Å². The summed E-state index contributed by atoms with van der Waals surface area (Å²) in [6, 6.07) is 7.32. The summed E-state index contributed by atoms with van der Waals surface area (Å²) in [4.78, 5) is 2.14. The summed E-state index contributed by atoms with van der Waals surface area (Å²) in [5, 5.41) is 17.5. The Hall–Kier alpha value is -1.43. The van der Waals surface area contributed by atoms with Crippen molar-refractivity contribution in [1.29, 1.82) is 0 Å². The molecule has 0 spiro atoms. The first-order chi connectivity index (χ1) is 10.2. The van der Waals surface area contributed by atoms with E-state index in [0.717, 1.165) is 31.4 Å². The molecular weight excluding hydrogens is 290 g/mol. The van der Waals surface area contributed by atoms with Gasteiger partial charge in [0.15, 0.2) is 0 Å². The number of hydrogen-bond acceptors (Lipinski definition) is 5. The molecule has 0 saturated carbocycles. The molecule has 0 bridgehead atoms. The van der Waals surface area contributed by atoms with Crippen LogP contribution < -0.4 is 0 Å². The van der Waals surface area contributed by atoms with E-state index in [1.807, 2.05) is 19.2 Å². The van der Waals surface area contributed by atoms with Gasteiger partial charge in [0.2, 0.25) is 11.8 Å². The van der Waals surface area contributed by atoms with E-state index in [0.29, 0.717) is 23.3 Å². The van der Waals surface area contributed by atoms with E-state index in [4.69, 9.17) is 21.1 Å². The maximum atomic E-state index is 8.74. The maximum absolute atomic E-state index is 8.74. The molecule has 0 saturated heterocycles. The molecule has 0 atom stereocenters. The Kier molecular flexibility index (Phi) is 6.17. The van der Waals surface area contributed by atoms with Gasteiger partial charge in [-0.3, -0.25) is 4.90 Å². The van der Waals surface area contributed by atoms with Crippen LogP contribution >= 0.6 is 11.6 Å². The van der Waals surface area contributed by atoms with Crippen LogP contribution in [-0.4, -0.2) is 40.4 Å². The first-order valence-electron chi connectivity index (χ1n) is 7.07. The van der Waals surface area contributed by atoms with Gasteiger partial charge in [0.1, 0.15) is 0 Å². The second-order valence-electron chi connectivity index (χ2n) is 5.03. The van der Waals surface area contributed by atoms with Crippen molar-refractivity contribution in [3.05, 3.63) is 35.2 Å². The summed E-state index contributed by atoms with van der Waals surface area (Å²) >= 11 is 5.86. The zero-order valence-electron chi connectivity index (χ0n) is 12.1. The van der Waals surface area contributed by atoms with Gasteiger partial charge in [-0.05, 0) is 57.1 Å². The minimum Gasteiger partial charge on any atom is -0.419 e. The molecule has 0 fully saturated rings. The van der Waals surface area contributed by atoms with E-state index < -0.39 is 0 Å². The number of aliphatic hydroxyl groups is 1. The highest BCUT2D eigenvalue weighted by Crippen LogP contribution is 2.20. The van der Waals surface area contributed by atoms with Crippen molar-refractivity contribution in [2.45, 2.75) is 25.8 Å². The van der Waals surface area contributed by atoms with Gasteiger partial charge in [0.25, 0.3) is 0 Å². The normalized spacial score (nSPS) is 11.2. The van der Waals surface area contributed by atoms with Crippen LogP contribution in [0.3, 0.4) is 0 Å². The van der Waals surface area contributed by atoms with Crippen molar-refractivity contribution in [1.82, 2.24) is 15.1 Å². The largest absolute Gasteiger partial charge is 0.419 e. The fraction of sp³-hybridized carbons (Fsp3) is 0.467. The Bertz CT molecular complexity index is 542. The Morgan fingerprint density at radius 1 is 1.14 bits per heavy atom. The zero-order valence-corrected chi connectivity index (χ0v) is 12.9. The SMILES string of the molecule is CN(CCCCCO)Cc1nnc(-c2ccc(Cl)cc2)o1. The van der Waals surface area contributed by atoms with E-state index in [1.54, 1.807) is 12.1 Å². The summed E-state index contributed by atoms with van der Waals surface area (Å²) in [5.74, 6) is 1.11. The summed E-state index contributed by atoms with van der Waals surface area (Å²) < 4.78 is 5.66. The van der Waals surface area contributed by atoms with Gasteiger partial charge in [-0.1, -0.05) is 11.6 Å². The quantitative estimate of drug-likeness (QED) is 0.760. The molecule has 1 aromatic heterocycles. The number of aliphatic hydroxyl groups excluding tert-OH is 1. The predicted octanol–water partition coefficient (Wildman–Crippen LogP) is 2.98. The third kappa shape index (κ3) is 5.12. The third-order valence-corrected chi connectivity index (χ3v) is 3.41. The number of aromatic nitrogens is 2. The lowest BCUT2D eigenvalue weighted by Gasteiger charge is -2.13. The summed E-state index contributed by atoms with van der Waals surface area (Å²) in [6.07, 6.45) is 2.94. The molecule has 2 rings (SSSR count). The lowest BCUT2D eigenvalue weighted by atomic mass is 10.2. The molecule has 1 heterocycles. The Morgan fingerprint density at radius 3 is 2.62 bits per heavy atom. The molecule has 1 aromatic carbocycles. The van der Waals surface area contributed by atoms with Crippen LogP contribution in [-0.2, 0) is 6.54 Å². The van der Waals surface area contributed by atoms with Crippen LogP contribution in [0.4, 0.5) is 0 Å². The predicted molar refractivity (Wildman–Crippen MR) is 82.0 cm³/mol. The number of hydrogen-bond donors (Lipinski definition) is 1. The zero-order chi connectivity index (χ0) is 15.1. The molecule has 114 valence electrons. The molecule has 5 nitrogen and oxygen atoms in total. The van der Waals surface area contributed by atoms with Crippen LogP contribution in [0.5, 0.6) is 0 Å². The van der Waals surface area contributed by atoms with E-state index in [2.05, 4.69) is 15.1 Å². The summed E-state index contributed by atoms with van der Waals surface area (Å²) in [5.41, 5.74) is 0.865. The fourth-order valence-corrected chi connectivity index (χ4v) is 2.13. The van der Waals surface area contributed by atoms with Crippen molar-refractivity contribution in [3.63, 3.8) is 0 Å². The van der Waals surface area contributed by atoms with E-state index >= 15 is 0 Å². The van der Waals surface area contributed by atoms with E-state index in [1.165, 1.54) is 0 Å². The Morgan fingerprint density at radius 2 is 1.90 bits per heavy atom. The first kappa shape index (κ1) is 15.9. The number of unbranched alkanes of at least 4 members (excludes halogenated alkanes) is 2. The highest BCUT2D eigenvalue weighted by molar-refractivity contribution is 6.30.